The van der Waals surface area contributed by atoms with Crippen LogP contribution >= 0.6 is 0 Å². The van der Waals surface area contributed by atoms with E-state index < -0.39 is 5.97 Å². The van der Waals surface area contributed by atoms with Gasteiger partial charge in [0.2, 0.25) is 0 Å². The van der Waals surface area contributed by atoms with Crippen molar-refractivity contribution in [2.45, 2.75) is 40.2 Å². The lowest BCUT2D eigenvalue weighted by Gasteiger charge is -2.16. The number of carbonyl (C=O) groups is 2. The predicted molar refractivity (Wildman–Crippen MR) is 105 cm³/mol. The quantitative estimate of drug-likeness (QED) is 0.511. The fourth-order valence-electron chi connectivity index (χ4n) is 2.89. The summed E-state index contributed by atoms with van der Waals surface area (Å²) in [5.74, 6) is 0.385. The number of phenols is 1. The number of rotatable bonds is 9. The highest BCUT2D eigenvalue weighted by Gasteiger charge is 2.17. The molecule has 0 saturated heterocycles. The van der Waals surface area contributed by atoms with E-state index in [1.165, 1.54) is 14.0 Å². The maximum Gasteiger partial charge on any atom is 0.337 e. The average molecular weight is 386 g/mol. The largest absolute Gasteiger partial charge is 0.507 e. The van der Waals surface area contributed by atoms with Crippen molar-refractivity contribution in [2.75, 3.05) is 13.7 Å². The molecule has 0 atom stereocenters. The molecule has 0 spiro atoms. The highest BCUT2D eigenvalue weighted by Crippen LogP contribution is 2.34. The Morgan fingerprint density at radius 3 is 2.39 bits per heavy atom. The van der Waals surface area contributed by atoms with E-state index in [2.05, 4.69) is 0 Å². The highest BCUT2D eigenvalue weighted by molar-refractivity contribution is 5.97. The molecule has 28 heavy (non-hydrogen) atoms. The van der Waals surface area contributed by atoms with Crippen molar-refractivity contribution >= 4 is 11.8 Å². The zero-order valence-corrected chi connectivity index (χ0v) is 16.7. The Kier molecular flexibility index (Phi) is 7.44. The minimum Gasteiger partial charge on any atom is -0.507 e. The van der Waals surface area contributed by atoms with Gasteiger partial charge < -0.3 is 19.3 Å². The van der Waals surface area contributed by atoms with Gasteiger partial charge in [0.1, 0.15) is 23.9 Å². The molecule has 0 aliphatic rings. The number of Topliss-reactive ketones (excluding diaryl/α,β-unsaturated/α-hetero) is 1. The number of esters is 1. The molecule has 2 aromatic carbocycles. The van der Waals surface area contributed by atoms with Gasteiger partial charge in [-0.05, 0) is 44.5 Å². The fourth-order valence-corrected chi connectivity index (χ4v) is 2.89. The van der Waals surface area contributed by atoms with E-state index in [9.17, 15) is 14.7 Å². The van der Waals surface area contributed by atoms with Crippen molar-refractivity contribution in [1.29, 1.82) is 0 Å². The molecule has 0 bridgehead atoms. The van der Waals surface area contributed by atoms with Gasteiger partial charge >= 0.3 is 5.97 Å². The average Bonchev–Trinajstić information content (AvgIpc) is 2.68. The van der Waals surface area contributed by atoms with Crippen molar-refractivity contribution in [1.82, 2.24) is 0 Å². The van der Waals surface area contributed by atoms with Gasteiger partial charge in [0, 0.05) is 11.1 Å². The van der Waals surface area contributed by atoms with Gasteiger partial charge in [-0.3, -0.25) is 4.79 Å². The number of methoxy groups -OCH3 is 1. The third-order valence-corrected chi connectivity index (χ3v) is 4.29. The lowest BCUT2D eigenvalue weighted by molar-refractivity contribution is 0.0600. The van der Waals surface area contributed by atoms with E-state index in [4.69, 9.17) is 14.2 Å². The van der Waals surface area contributed by atoms with Crippen molar-refractivity contribution in [2.24, 2.45) is 0 Å². The topological polar surface area (TPSA) is 82.1 Å². The molecule has 2 rings (SSSR count). The van der Waals surface area contributed by atoms with E-state index in [0.717, 1.165) is 12.0 Å². The van der Waals surface area contributed by atoms with Crippen LogP contribution in [0.5, 0.6) is 17.2 Å². The molecule has 0 aliphatic carbocycles. The first-order chi connectivity index (χ1) is 13.4. The van der Waals surface area contributed by atoms with Crippen LogP contribution in [0.3, 0.4) is 0 Å². The van der Waals surface area contributed by atoms with Gasteiger partial charge in [0.05, 0.1) is 24.8 Å². The number of carbonyl (C=O) groups excluding carboxylic acids is 2. The molecule has 0 heterocycles. The van der Waals surface area contributed by atoms with Gasteiger partial charge in [-0.2, -0.15) is 0 Å². The first-order valence-corrected chi connectivity index (χ1v) is 9.25. The second-order valence-corrected chi connectivity index (χ2v) is 6.28. The summed E-state index contributed by atoms with van der Waals surface area (Å²) in [6, 6.07) is 8.29. The second kappa shape index (κ2) is 9.78. The van der Waals surface area contributed by atoms with Gasteiger partial charge in [-0.1, -0.05) is 19.4 Å². The smallest absolute Gasteiger partial charge is 0.337 e. The molecule has 0 radical (unpaired) electrons. The predicted octanol–water partition coefficient (Wildman–Crippen LogP) is 4.31. The van der Waals surface area contributed by atoms with Crippen LogP contribution in [0, 0.1) is 0 Å². The van der Waals surface area contributed by atoms with Crippen LogP contribution in [0.2, 0.25) is 0 Å². The molecule has 0 aliphatic heterocycles. The van der Waals surface area contributed by atoms with Crippen molar-refractivity contribution in [3.8, 4) is 17.2 Å². The van der Waals surface area contributed by atoms with Crippen LogP contribution in [0.15, 0.2) is 30.3 Å². The van der Waals surface area contributed by atoms with Crippen LogP contribution < -0.4 is 9.47 Å². The summed E-state index contributed by atoms with van der Waals surface area (Å²) in [6.07, 6.45) is 1.38. The lowest BCUT2D eigenvalue weighted by Crippen LogP contribution is -2.07. The Balaban J connectivity index is 2.31. The molecule has 0 unspecified atom stereocenters. The van der Waals surface area contributed by atoms with Crippen molar-refractivity contribution in [3.63, 3.8) is 0 Å². The van der Waals surface area contributed by atoms with Crippen LogP contribution in [0.25, 0.3) is 0 Å². The maximum atomic E-state index is 11.7. The van der Waals surface area contributed by atoms with E-state index in [1.54, 1.807) is 30.3 Å². The summed E-state index contributed by atoms with van der Waals surface area (Å²) in [5.41, 5.74) is 2.05. The van der Waals surface area contributed by atoms with Gasteiger partial charge in [0.15, 0.2) is 5.78 Å². The SMILES string of the molecule is CCCc1c(OCc2ccc(C(=O)OC)cc2OCC)ccc(C(C)=O)c1O. The monoisotopic (exact) mass is 386 g/mol. The molecule has 0 saturated carbocycles. The Bertz CT molecular complexity index is 856. The Hall–Kier alpha value is -3.02. The maximum absolute atomic E-state index is 11.7. The second-order valence-electron chi connectivity index (χ2n) is 6.28. The summed E-state index contributed by atoms with van der Waals surface area (Å²) in [6.45, 7) is 5.89. The van der Waals surface area contributed by atoms with Gasteiger partial charge in [-0.25, -0.2) is 4.79 Å². The van der Waals surface area contributed by atoms with Crippen molar-refractivity contribution < 1.29 is 28.9 Å². The Labute approximate surface area is 165 Å². The molecule has 0 amide bonds. The molecule has 2 aromatic rings. The first-order valence-electron chi connectivity index (χ1n) is 9.25. The molecule has 6 heteroatoms. The van der Waals surface area contributed by atoms with Crippen LogP contribution in [0.1, 0.15) is 59.0 Å². The molecule has 150 valence electrons. The number of phenolic OH excluding ortho intramolecular Hbond substituents is 1. The van der Waals surface area contributed by atoms with Crippen LogP contribution in [-0.2, 0) is 17.8 Å². The summed E-state index contributed by atoms with van der Waals surface area (Å²) in [7, 11) is 1.33. The summed E-state index contributed by atoms with van der Waals surface area (Å²) < 4.78 is 16.3. The molecule has 1 N–H and O–H groups in total. The minimum absolute atomic E-state index is 0.0297. The van der Waals surface area contributed by atoms with Gasteiger partial charge in [-0.15, -0.1) is 0 Å². The third kappa shape index (κ3) is 4.82. The summed E-state index contributed by atoms with van der Waals surface area (Å²) >= 11 is 0. The molecule has 0 fully saturated rings. The Morgan fingerprint density at radius 2 is 1.79 bits per heavy atom. The third-order valence-electron chi connectivity index (χ3n) is 4.29. The number of aromatic hydroxyl groups is 1. The number of hydrogen-bond acceptors (Lipinski definition) is 6. The molecule has 6 nitrogen and oxygen atoms in total. The highest BCUT2D eigenvalue weighted by atomic mass is 16.5. The number of ether oxygens (including phenoxy) is 3. The number of benzene rings is 2. The van der Waals surface area contributed by atoms with E-state index in [0.29, 0.717) is 35.7 Å². The fraction of sp³-hybridized carbons (Fsp3) is 0.364. The molecule has 0 aromatic heterocycles. The normalized spacial score (nSPS) is 10.4. The lowest BCUT2D eigenvalue weighted by atomic mass is 10.0. The summed E-state index contributed by atoms with van der Waals surface area (Å²) in [4.78, 5) is 23.4. The Morgan fingerprint density at radius 1 is 1.04 bits per heavy atom. The number of hydrogen-bond donors (Lipinski definition) is 1. The van der Waals surface area contributed by atoms with E-state index in [-0.39, 0.29) is 23.7 Å². The molecular weight excluding hydrogens is 360 g/mol. The minimum atomic E-state index is -0.441. The molecular formula is C22H26O6. The van der Waals surface area contributed by atoms with Crippen LogP contribution in [0.4, 0.5) is 0 Å². The van der Waals surface area contributed by atoms with Gasteiger partial charge in [0.25, 0.3) is 0 Å². The van der Waals surface area contributed by atoms with E-state index in [1.807, 2.05) is 13.8 Å². The zero-order chi connectivity index (χ0) is 20.7. The standard InChI is InChI=1S/C22H26O6/c1-5-7-18-19(11-10-17(14(3)23)21(18)24)28-13-16-9-8-15(22(25)26-4)12-20(16)27-6-2/h8-12,24H,5-7,13H2,1-4H3. The van der Waals surface area contributed by atoms with E-state index >= 15 is 0 Å². The zero-order valence-electron chi connectivity index (χ0n) is 16.7. The first kappa shape index (κ1) is 21.3. The number of ketones is 1. The van der Waals surface area contributed by atoms with Crippen LogP contribution in [-0.4, -0.2) is 30.6 Å². The summed E-state index contributed by atoms with van der Waals surface area (Å²) in [5, 5.41) is 10.5. The van der Waals surface area contributed by atoms with Crippen molar-refractivity contribution in [3.05, 3.63) is 52.6 Å².